The molecule has 0 bridgehead atoms. The maximum atomic E-state index is 11.1. The Labute approximate surface area is 119 Å². The molecule has 1 rings (SSSR count). The van der Waals surface area contributed by atoms with Crippen LogP contribution in [0.2, 0.25) is 0 Å². The van der Waals surface area contributed by atoms with Gasteiger partial charge < -0.3 is 15.6 Å². The van der Waals surface area contributed by atoms with Crippen LogP contribution in [0.25, 0.3) is 0 Å². The molecule has 0 heterocycles. The van der Waals surface area contributed by atoms with Gasteiger partial charge in [-0.3, -0.25) is 0 Å². The number of carbonyl (C=O) groups excluding carboxylic acids is 1. The third kappa shape index (κ3) is 5.18. The van der Waals surface area contributed by atoms with Crippen LogP contribution in [0, 0.1) is 10.8 Å². The maximum Gasteiger partial charge on any atom is 0.330 e. The SMILES string of the molecule is C=CC(=O)OC1C=CC(/C(C)=C/C(=N)CC(C)=N)=CC1. The van der Waals surface area contributed by atoms with Gasteiger partial charge in [0.05, 0.1) is 0 Å². The summed E-state index contributed by atoms with van der Waals surface area (Å²) < 4.78 is 5.12. The molecule has 1 unspecified atom stereocenters. The molecule has 0 saturated heterocycles. The van der Waals surface area contributed by atoms with Crippen LogP contribution in [0.5, 0.6) is 0 Å². The fourth-order valence-corrected chi connectivity index (χ4v) is 1.86. The highest BCUT2D eigenvalue weighted by molar-refractivity contribution is 6.06. The molecule has 4 nitrogen and oxygen atoms in total. The summed E-state index contributed by atoms with van der Waals surface area (Å²) in [7, 11) is 0. The Morgan fingerprint density at radius 3 is 2.70 bits per heavy atom. The van der Waals surface area contributed by atoms with Gasteiger partial charge in [-0.2, -0.15) is 0 Å². The minimum absolute atomic E-state index is 0.250. The number of allylic oxidation sites excluding steroid dienone is 4. The number of ether oxygens (including phenoxy) is 1. The average Bonchev–Trinajstić information content (AvgIpc) is 2.38. The summed E-state index contributed by atoms with van der Waals surface area (Å²) >= 11 is 0. The van der Waals surface area contributed by atoms with E-state index < -0.39 is 5.97 Å². The minimum atomic E-state index is -0.424. The molecule has 0 aromatic heterocycles. The van der Waals surface area contributed by atoms with E-state index in [0.29, 0.717) is 24.3 Å². The van der Waals surface area contributed by atoms with E-state index in [1.54, 1.807) is 13.0 Å². The predicted molar refractivity (Wildman–Crippen MR) is 81.4 cm³/mol. The van der Waals surface area contributed by atoms with Crippen LogP contribution in [0.4, 0.5) is 0 Å². The van der Waals surface area contributed by atoms with E-state index >= 15 is 0 Å². The van der Waals surface area contributed by atoms with Gasteiger partial charge in [0.1, 0.15) is 6.10 Å². The van der Waals surface area contributed by atoms with E-state index in [-0.39, 0.29) is 6.10 Å². The Bertz CT molecular complexity index is 525. The summed E-state index contributed by atoms with van der Waals surface area (Å²) in [4.78, 5) is 11.1. The summed E-state index contributed by atoms with van der Waals surface area (Å²) in [5.74, 6) is -0.424. The first-order chi connectivity index (χ1) is 9.42. The highest BCUT2D eigenvalue weighted by Gasteiger charge is 2.12. The molecule has 0 amide bonds. The van der Waals surface area contributed by atoms with E-state index in [1.165, 1.54) is 0 Å². The van der Waals surface area contributed by atoms with Crippen LogP contribution < -0.4 is 0 Å². The monoisotopic (exact) mass is 272 g/mol. The van der Waals surface area contributed by atoms with Crippen molar-refractivity contribution in [1.82, 2.24) is 0 Å². The molecule has 2 N–H and O–H groups in total. The third-order valence-corrected chi connectivity index (χ3v) is 2.80. The van der Waals surface area contributed by atoms with E-state index in [0.717, 1.165) is 17.2 Å². The molecule has 0 aromatic carbocycles. The second kappa shape index (κ2) is 7.38. The highest BCUT2D eigenvalue weighted by atomic mass is 16.5. The molecule has 0 aromatic rings. The van der Waals surface area contributed by atoms with Crippen LogP contribution in [0.1, 0.15) is 26.7 Å². The second-order valence-corrected chi connectivity index (χ2v) is 4.74. The van der Waals surface area contributed by atoms with Gasteiger partial charge in [-0.1, -0.05) is 18.7 Å². The van der Waals surface area contributed by atoms with Gasteiger partial charge in [-0.25, -0.2) is 4.79 Å². The van der Waals surface area contributed by atoms with E-state index in [4.69, 9.17) is 15.6 Å². The van der Waals surface area contributed by atoms with Gasteiger partial charge in [-0.05, 0) is 37.1 Å². The van der Waals surface area contributed by atoms with Crippen LogP contribution in [-0.4, -0.2) is 23.5 Å². The Balaban J connectivity index is 2.63. The number of esters is 1. The van der Waals surface area contributed by atoms with Crippen molar-refractivity contribution in [3.63, 3.8) is 0 Å². The van der Waals surface area contributed by atoms with Crippen LogP contribution in [0.3, 0.4) is 0 Å². The zero-order valence-corrected chi connectivity index (χ0v) is 11.9. The van der Waals surface area contributed by atoms with Crippen molar-refractivity contribution in [2.75, 3.05) is 0 Å². The summed E-state index contributed by atoms with van der Waals surface area (Å²) in [5, 5.41) is 15.1. The summed E-state index contributed by atoms with van der Waals surface area (Å²) in [6, 6.07) is 0. The lowest BCUT2D eigenvalue weighted by Gasteiger charge is -2.16. The van der Waals surface area contributed by atoms with Crippen LogP contribution in [-0.2, 0) is 9.53 Å². The van der Waals surface area contributed by atoms with Crippen molar-refractivity contribution in [3.8, 4) is 0 Å². The Morgan fingerprint density at radius 1 is 1.50 bits per heavy atom. The Hall–Kier alpha value is -2.23. The lowest BCUT2D eigenvalue weighted by atomic mass is 9.97. The van der Waals surface area contributed by atoms with Crippen molar-refractivity contribution in [1.29, 1.82) is 10.8 Å². The molecular formula is C16H20N2O2. The van der Waals surface area contributed by atoms with Gasteiger partial charge in [0.25, 0.3) is 0 Å². The van der Waals surface area contributed by atoms with E-state index in [1.807, 2.05) is 25.2 Å². The lowest BCUT2D eigenvalue weighted by Crippen LogP contribution is -2.15. The van der Waals surface area contributed by atoms with Gasteiger partial charge in [0.15, 0.2) is 0 Å². The highest BCUT2D eigenvalue weighted by Crippen LogP contribution is 2.20. The van der Waals surface area contributed by atoms with Crippen molar-refractivity contribution in [2.45, 2.75) is 32.8 Å². The number of nitrogens with one attached hydrogen (secondary N) is 2. The lowest BCUT2D eigenvalue weighted by molar-refractivity contribution is -0.140. The van der Waals surface area contributed by atoms with Crippen LogP contribution >= 0.6 is 0 Å². The van der Waals surface area contributed by atoms with E-state index in [9.17, 15) is 4.79 Å². The number of hydrogen-bond donors (Lipinski definition) is 2. The van der Waals surface area contributed by atoms with E-state index in [2.05, 4.69) is 6.58 Å². The smallest absolute Gasteiger partial charge is 0.330 e. The van der Waals surface area contributed by atoms with Gasteiger partial charge in [0.2, 0.25) is 0 Å². The van der Waals surface area contributed by atoms with Crippen molar-refractivity contribution in [2.24, 2.45) is 0 Å². The predicted octanol–water partition coefficient (Wildman–Crippen LogP) is 3.37. The molecule has 1 aliphatic rings. The first-order valence-electron chi connectivity index (χ1n) is 6.44. The molecule has 1 aliphatic carbocycles. The molecule has 0 aliphatic heterocycles. The van der Waals surface area contributed by atoms with Gasteiger partial charge >= 0.3 is 5.97 Å². The maximum absolute atomic E-state index is 11.1. The normalized spacial score (nSPS) is 18.2. The molecule has 0 radical (unpaired) electrons. The van der Waals surface area contributed by atoms with Crippen molar-refractivity contribution < 1.29 is 9.53 Å². The quantitative estimate of drug-likeness (QED) is 0.442. The average molecular weight is 272 g/mol. The first kappa shape index (κ1) is 15.8. The van der Waals surface area contributed by atoms with Crippen molar-refractivity contribution >= 4 is 17.4 Å². The molecule has 0 spiro atoms. The fourth-order valence-electron chi connectivity index (χ4n) is 1.86. The zero-order valence-electron chi connectivity index (χ0n) is 11.9. The molecular weight excluding hydrogens is 252 g/mol. The fraction of sp³-hybridized carbons (Fsp3) is 0.312. The van der Waals surface area contributed by atoms with Gasteiger partial charge in [-0.15, -0.1) is 0 Å². The summed E-state index contributed by atoms with van der Waals surface area (Å²) in [6.07, 6.45) is 9.36. The molecule has 4 heteroatoms. The first-order valence-corrected chi connectivity index (χ1v) is 6.44. The molecule has 0 saturated carbocycles. The number of carbonyl (C=O) groups is 1. The molecule has 0 fully saturated rings. The standard InChI is InChI=1S/C16H20N2O2/c1-4-16(19)20-15-7-5-13(6-8-15)11(2)9-14(18)10-12(3)17/h4-7,9,15,17-18H,1,8,10H2,2-3H3/b11-9+,17-12?,18-14?. The Morgan fingerprint density at radius 2 is 2.20 bits per heavy atom. The minimum Gasteiger partial charge on any atom is -0.455 e. The van der Waals surface area contributed by atoms with Gasteiger partial charge in [0, 0.05) is 30.3 Å². The molecule has 106 valence electrons. The summed E-state index contributed by atoms with van der Waals surface area (Å²) in [5.41, 5.74) is 2.89. The Kier molecular flexibility index (Phi) is 5.84. The largest absolute Gasteiger partial charge is 0.455 e. The third-order valence-electron chi connectivity index (χ3n) is 2.80. The summed E-state index contributed by atoms with van der Waals surface area (Å²) in [6.45, 7) is 6.98. The zero-order chi connectivity index (χ0) is 15.1. The van der Waals surface area contributed by atoms with Crippen molar-refractivity contribution in [3.05, 3.63) is 48.1 Å². The second-order valence-electron chi connectivity index (χ2n) is 4.74. The van der Waals surface area contributed by atoms with Crippen LogP contribution in [0.15, 0.2) is 48.1 Å². The molecule has 1 atom stereocenters. The topological polar surface area (TPSA) is 74.0 Å². The number of hydrogen-bond acceptors (Lipinski definition) is 4. The molecule has 20 heavy (non-hydrogen) atoms. The number of rotatable bonds is 6.